The van der Waals surface area contributed by atoms with Crippen molar-refractivity contribution in [2.24, 2.45) is 0 Å². The van der Waals surface area contributed by atoms with Gasteiger partial charge in [-0.3, -0.25) is 0 Å². The first-order chi connectivity index (χ1) is 13.6. The largest absolute Gasteiger partial charge is 0.438 e. The minimum atomic E-state index is -9.01. The Labute approximate surface area is 163 Å². The molecule has 0 heterocycles. The van der Waals surface area contributed by atoms with Crippen molar-refractivity contribution in [1.82, 2.24) is 0 Å². The average molecular weight is 527 g/mol. The number of halogens is 19. The normalized spacial score (nSPS) is 16.5. The molecule has 0 aliphatic heterocycles. The van der Waals surface area contributed by atoms with Crippen molar-refractivity contribution in [3.8, 4) is 0 Å². The highest BCUT2D eigenvalue weighted by Crippen LogP contribution is 2.66. The quantitative estimate of drug-likeness (QED) is 0.322. The van der Waals surface area contributed by atoms with Crippen LogP contribution in [0.4, 0.5) is 83.4 Å². The third-order valence-corrected chi connectivity index (χ3v) is 3.84. The zero-order chi connectivity index (χ0) is 26.6. The van der Waals surface area contributed by atoms with Gasteiger partial charge in [-0.1, -0.05) is 0 Å². The maximum Gasteiger partial charge on any atom is 0.438 e. The van der Waals surface area contributed by atoms with Crippen molar-refractivity contribution in [3.05, 3.63) is 6.61 Å². The van der Waals surface area contributed by atoms with Crippen LogP contribution in [-0.4, -0.2) is 58.7 Å². The topological polar surface area (TPSA) is 20.2 Å². The van der Waals surface area contributed by atoms with E-state index in [2.05, 4.69) is 0 Å². The number of hydrogen-bond acceptors (Lipinski definition) is 1. The number of alkyl halides is 19. The van der Waals surface area contributed by atoms with Crippen LogP contribution in [0.1, 0.15) is 12.8 Å². The maximum atomic E-state index is 13.4. The molecule has 0 saturated heterocycles. The fourth-order valence-corrected chi connectivity index (χ4v) is 1.96. The molecule has 0 saturated carbocycles. The van der Waals surface area contributed by atoms with Gasteiger partial charge in [-0.05, 0) is 6.42 Å². The van der Waals surface area contributed by atoms with Gasteiger partial charge >= 0.3 is 53.6 Å². The second-order valence-electron chi connectivity index (χ2n) is 5.95. The molecule has 0 spiro atoms. The highest BCUT2D eigenvalue weighted by Gasteiger charge is 2.98. The van der Waals surface area contributed by atoms with Crippen LogP contribution >= 0.6 is 0 Å². The first-order valence-corrected chi connectivity index (χ1v) is 7.11. The molecular weight excluding hydrogens is 521 g/mol. The van der Waals surface area contributed by atoms with E-state index in [1.807, 2.05) is 0 Å². The Morgan fingerprint density at radius 3 is 1.00 bits per heavy atom. The summed E-state index contributed by atoms with van der Waals surface area (Å²) in [6, 6.07) is 0. The Balaban J connectivity index is 6.97. The fraction of sp³-hybridized carbons (Fsp3) is 0.917. The molecule has 0 rings (SSSR count). The summed E-state index contributed by atoms with van der Waals surface area (Å²) in [6.07, 6.45) is -21.1. The molecule has 0 fully saturated rings. The SMILES string of the molecule is O[CH]CCC(F)(F)C(F)(F)C(F)(F)C(F)(F)C(F)(F)C(F)(F)C(F)(C(F)(F)F)C(F)(F)F. The summed E-state index contributed by atoms with van der Waals surface area (Å²) in [5, 5.41) is 8.02. The summed E-state index contributed by atoms with van der Waals surface area (Å²) in [5.41, 5.74) is -8.74. The highest BCUT2D eigenvalue weighted by molar-refractivity contribution is 5.19. The zero-order valence-corrected chi connectivity index (χ0v) is 14.1. The molecule has 0 atom stereocenters. The first-order valence-electron chi connectivity index (χ1n) is 7.11. The first kappa shape index (κ1) is 30.6. The third-order valence-electron chi connectivity index (χ3n) is 3.84. The molecule has 1 radical (unpaired) electrons. The van der Waals surface area contributed by atoms with Gasteiger partial charge in [-0.2, -0.15) is 79.0 Å². The Bertz CT molecular complexity index is 642. The molecule has 0 aromatic carbocycles. The predicted molar refractivity (Wildman–Crippen MR) is 61.1 cm³/mol. The van der Waals surface area contributed by atoms with Crippen molar-refractivity contribution >= 4 is 0 Å². The van der Waals surface area contributed by atoms with E-state index in [1.165, 1.54) is 0 Å². The second-order valence-corrected chi connectivity index (χ2v) is 5.95. The molecule has 0 bridgehead atoms. The lowest BCUT2D eigenvalue weighted by atomic mass is 9.83. The molecule has 20 heteroatoms. The minimum absolute atomic E-state index is 0.479. The van der Waals surface area contributed by atoms with Crippen molar-refractivity contribution in [3.63, 3.8) is 0 Å². The van der Waals surface area contributed by atoms with Gasteiger partial charge in [0.2, 0.25) is 0 Å². The monoisotopic (exact) mass is 527 g/mol. The summed E-state index contributed by atoms with van der Waals surface area (Å²) >= 11 is 0. The van der Waals surface area contributed by atoms with Crippen LogP contribution < -0.4 is 0 Å². The van der Waals surface area contributed by atoms with Crippen LogP contribution in [0.2, 0.25) is 0 Å². The second kappa shape index (κ2) is 7.85. The van der Waals surface area contributed by atoms with E-state index in [-0.39, 0.29) is 0 Å². The lowest BCUT2D eigenvalue weighted by Crippen LogP contribution is -2.77. The third kappa shape index (κ3) is 3.82. The molecule has 32 heavy (non-hydrogen) atoms. The van der Waals surface area contributed by atoms with Crippen LogP contribution in [0.5, 0.6) is 0 Å². The number of aliphatic hydroxyl groups excluding tert-OH is 1. The zero-order valence-electron chi connectivity index (χ0n) is 14.1. The maximum absolute atomic E-state index is 13.4. The molecule has 1 nitrogen and oxygen atoms in total. The van der Waals surface area contributed by atoms with Crippen molar-refractivity contribution in [1.29, 1.82) is 0 Å². The van der Waals surface area contributed by atoms with Crippen molar-refractivity contribution in [2.45, 2.75) is 66.4 Å². The van der Waals surface area contributed by atoms with Gasteiger partial charge in [-0.15, -0.1) is 0 Å². The Hall–Kier alpha value is -1.37. The van der Waals surface area contributed by atoms with Crippen LogP contribution in [0, 0.1) is 6.61 Å². The molecule has 0 unspecified atom stereocenters. The number of aliphatic hydroxyl groups is 1. The van der Waals surface area contributed by atoms with E-state index < -0.39 is 73.0 Å². The molecule has 1 N–H and O–H groups in total. The van der Waals surface area contributed by atoms with Gasteiger partial charge in [0, 0.05) is 6.42 Å². The predicted octanol–water partition coefficient (Wildman–Crippen LogP) is 6.95. The van der Waals surface area contributed by atoms with E-state index in [4.69, 9.17) is 5.11 Å². The summed E-state index contributed by atoms with van der Waals surface area (Å²) in [4.78, 5) is 0. The van der Waals surface area contributed by atoms with Crippen molar-refractivity contribution in [2.75, 3.05) is 0 Å². The molecule has 0 aliphatic rings. The average Bonchev–Trinajstić information content (AvgIpc) is 2.56. The van der Waals surface area contributed by atoms with Crippen molar-refractivity contribution < 1.29 is 88.5 Å². The van der Waals surface area contributed by atoms with E-state index in [1.54, 1.807) is 0 Å². The Morgan fingerprint density at radius 2 is 0.719 bits per heavy atom. The molecule has 0 aromatic heterocycles. The Kier molecular flexibility index (Phi) is 7.51. The molecular formula is C12H6F19O. The minimum Gasteiger partial charge on any atom is -0.390 e. The molecule has 193 valence electrons. The van der Waals surface area contributed by atoms with Gasteiger partial charge in [0.25, 0.3) is 0 Å². The van der Waals surface area contributed by atoms with Gasteiger partial charge in [0.15, 0.2) is 0 Å². The van der Waals surface area contributed by atoms with Crippen LogP contribution in [0.15, 0.2) is 0 Å². The Morgan fingerprint density at radius 1 is 0.438 bits per heavy atom. The van der Waals surface area contributed by atoms with E-state index in [9.17, 15) is 83.4 Å². The molecule has 0 aromatic rings. The summed E-state index contributed by atoms with van der Waals surface area (Å²) < 4.78 is 246. The summed E-state index contributed by atoms with van der Waals surface area (Å²) in [6.45, 7) is -0.479. The van der Waals surface area contributed by atoms with E-state index >= 15 is 0 Å². The van der Waals surface area contributed by atoms with E-state index in [0.717, 1.165) is 0 Å². The van der Waals surface area contributed by atoms with Gasteiger partial charge in [0.05, 0.1) is 6.61 Å². The molecule has 0 aliphatic carbocycles. The standard InChI is InChI=1S/C12H6F19O/c13-4(14,2-1-3-32)6(16,17)8(20,21)10(24,25)9(22,23)7(18,19)5(15,11(26,27)28)12(29,30)31/h3,32H,1-2H2. The number of hydrogen-bond donors (Lipinski definition) is 1. The van der Waals surface area contributed by atoms with Crippen LogP contribution in [0.25, 0.3) is 0 Å². The smallest absolute Gasteiger partial charge is 0.390 e. The van der Waals surface area contributed by atoms with Gasteiger partial charge < -0.3 is 5.11 Å². The van der Waals surface area contributed by atoms with Crippen LogP contribution in [-0.2, 0) is 0 Å². The van der Waals surface area contributed by atoms with Gasteiger partial charge in [-0.25, -0.2) is 4.39 Å². The van der Waals surface area contributed by atoms with Gasteiger partial charge in [0.1, 0.15) is 0 Å². The van der Waals surface area contributed by atoms with E-state index in [0.29, 0.717) is 0 Å². The lowest BCUT2D eigenvalue weighted by Gasteiger charge is -2.45. The van der Waals surface area contributed by atoms with Crippen LogP contribution in [0.3, 0.4) is 0 Å². The summed E-state index contributed by atoms with van der Waals surface area (Å²) in [5.74, 6) is -49.8. The molecule has 0 amide bonds. The summed E-state index contributed by atoms with van der Waals surface area (Å²) in [7, 11) is 0. The number of rotatable bonds is 9. The lowest BCUT2D eigenvalue weighted by molar-refractivity contribution is -0.472. The fourth-order valence-electron chi connectivity index (χ4n) is 1.96. The highest BCUT2D eigenvalue weighted by atomic mass is 19.4.